The van der Waals surface area contributed by atoms with E-state index in [2.05, 4.69) is 25.3 Å². The van der Waals surface area contributed by atoms with Crippen LogP contribution in [0.4, 0.5) is 5.69 Å². The highest BCUT2D eigenvalue weighted by atomic mass is 32.2. The number of nitrogens with two attached hydrogens (primary N) is 1. The molecule has 0 bridgehead atoms. The zero-order valence-corrected chi connectivity index (χ0v) is 9.26. The van der Waals surface area contributed by atoms with Crippen molar-refractivity contribution in [3.05, 3.63) is 23.1 Å². The van der Waals surface area contributed by atoms with Crippen LogP contribution in [0.25, 0.3) is 10.1 Å². The summed E-state index contributed by atoms with van der Waals surface area (Å²) in [4.78, 5) is 2.64. The van der Waals surface area contributed by atoms with E-state index in [0.717, 1.165) is 5.69 Å². The first-order valence-corrected chi connectivity index (χ1v) is 6.09. The minimum absolute atomic E-state index is 0.894. The SMILES string of the molecule is CSc1ccc(N)c2sc(C)cc12. The predicted molar refractivity (Wildman–Crippen MR) is 62.8 cm³/mol. The Balaban J connectivity index is 2.83. The first-order chi connectivity index (χ1) is 6.22. The molecular weight excluding hydrogens is 198 g/mol. The molecule has 0 fully saturated rings. The van der Waals surface area contributed by atoms with E-state index in [9.17, 15) is 0 Å². The molecule has 2 rings (SSSR count). The van der Waals surface area contributed by atoms with Gasteiger partial charge in [-0.15, -0.1) is 23.1 Å². The summed E-state index contributed by atoms with van der Waals surface area (Å²) < 4.78 is 1.23. The largest absolute Gasteiger partial charge is 0.398 e. The predicted octanol–water partition coefficient (Wildman–Crippen LogP) is 3.51. The van der Waals surface area contributed by atoms with Crippen molar-refractivity contribution in [2.75, 3.05) is 12.0 Å². The topological polar surface area (TPSA) is 26.0 Å². The van der Waals surface area contributed by atoms with Crippen LogP contribution >= 0.6 is 23.1 Å². The fourth-order valence-corrected chi connectivity index (χ4v) is 3.03. The molecule has 1 aromatic heterocycles. The number of aryl methyl sites for hydroxylation is 1. The van der Waals surface area contributed by atoms with Gasteiger partial charge in [-0.05, 0) is 31.4 Å². The average molecular weight is 209 g/mol. The van der Waals surface area contributed by atoms with Gasteiger partial charge in [0.2, 0.25) is 0 Å². The zero-order chi connectivity index (χ0) is 9.42. The second-order valence-corrected chi connectivity index (χ2v) is 5.06. The summed E-state index contributed by atoms with van der Waals surface area (Å²) in [6.07, 6.45) is 2.10. The lowest BCUT2D eigenvalue weighted by Gasteiger charge is -2.00. The maximum atomic E-state index is 5.89. The molecule has 0 saturated heterocycles. The Labute approximate surface area is 85.9 Å². The molecule has 1 heterocycles. The fourth-order valence-electron chi connectivity index (χ4n) is 1.42. The number of rotatable bonds is 1. The van der Waals surface area contributed by atoms with E-state index in [1.807, 2.05) is 6.07 Å². The molecule has 3 heteroatoms. The Morgan fingerprint density at radius 3 is 2.85 bits per heavy atom. The van der Waals surface area contributed by atoms with Gasteiger partial charge >= 0.3 is 0 Å². The van der Waals surface area contributed by atoms with Crippen LogP contribution in [0.5, 0.6) is 0 Å². The highest BCUT2D eigenvalue weighted by Gasteiger charge is 2.05. The van der Waals surface area contributed by atoms with Crippen LogP contribution in [0, 0.1) is 6.92 Å². The monoisotopic (exact) mass is 209 g/mol. The van der Waals surface area contributed by atoms with Gasteiger partial charge in [0, 0.05) is 20.8 Å². The Morgan fingerprint density at radius 2 is 2.15 bits per heavy atom. The molecule has 1 nitrogen and oxygen atoms in total. The van der Waals surface area contributed by atoms with Crippen LogP contribution in [0.2, 0.25) is 0 Å². The number of benzene rings is 1. The molecule has 0 radical (unpaired) electrons. The minimum Gasteiger partial charge on any atom is -0.398 e. The van der Waals surface area contributed by atoms with Crippen molar-refractivity contribution < 1.29 is 0 Å². The van der Waals surface area contributed by atoms with Gasteiger partial charge < -0.3 is 5.73 Å². The molecule has 0 unspecified atom stereocenters. The molecule has 0 amide bonds. The maximum Gasteiger partial charge on any atom is 0.0586 e. The van der Waals surface area contributed by atoms with Crippen molar-refractivity contribution in [3.8, 4) is 0 Å². The van der Waals surface area contributed by atoms with Crippen LogP contribution in [0.1, 0.15) is 4.88 Å². The molecular formula is C10H11NS2. The highest BCUT2D eigenvalue weighted by molar-refractivity contribution is 7.98. The third kappa shape index (κ3) is 1.42. The lowest BCUT2D eigenvalue weighted by Crippen LogP contribution is -1.84. The number of fused-ring (bicyclic) bond motifs is 1. The summed E-state index contributed by atoms with van der Waals surface area (Å²) in [5.74, 6) is 0. The Morgan fingerprint density at radius 1 is 1.38 bits per heavy atom. The van der Waals surface area contributed by atoms with Crippen molar-refractivity contribution in [2.24, 2.45) is 0 Å². The van der Waals surface area contributed by atoms with Gasteiger partial charge in [0.15, 0.2) is 0 Å². The van der Waals surface area contributed by atoms with Gasteiger partial charge in [0.05, 0.1) is 4.70 Å². The van der Waals surface area contributed by atoms with E-state index in [4.69, 9.17) is 5.73 Å². The van der Waals surface area contributed by atoms with E-state index in [0.29, 0.717) is 0 Å². The molecule has 2 aromatic rings. The number of hydrogen-bond acceptors (Lipinski definition) is 3. The summed E-state index contributed by atoms with van der Waals surface area (Å²) in [6, 6.07) is 6.29. The Hall–Kier alpha value is -0.670. The molecule has 0 saturated carbocycles. The van der Waals surface area contributed by atoms with Gasteiger partial charge in [0.25, 0.3) is 0 Å². The second-order valence-electron chi connectivity index (χ2n) is 2.96. The summed E-state index contributed by atoms with van der Waals surface area (Å²) >= 11 is 3.54. The quantitative estimate of drug-likeness (QED) is 0.574. The van der Waals surface area contributed by atoms with Crippen LogP contribution in [-0.4, -0.2) is 6.26 Å². The molecule has 2 N–H and O–H groups in total. The molecule has 1 aromatic carbocycles. The lowest BCUT2D eigenvalue weighted by molar-refractivity contribution is 1.56. The van der Waals surface area contributed by atoms with Crippen LogP contribution in [0.3, 0.4) is 0 Å². The van der Waals surface area contributed by atoms with E-state index in [1.54, 1.807) is 23.1 Å². The van der Waals surface area contributed by atoms with Crippen molar-refractivity contribution >= 4 is 38.9 Å². The van der Waals surface area contributed by atoms with Crippen molar-refractivity contribution in [3.63, 3.8) is 0 Å². The summed E-state index contributed by atoms with van der Waals surface area (Å²) in [5, 5.41) is 1.30. The third-order valence-corrected chi connectivity index (χ3v) is 3.91. The fraction of sp³-hybridized carbons (Fsp3) is 0.200. The average Bonchev–Trinajstić information content (AvgIpc) is 2.48. The summed E-state index contributed by atoms with van der Waals surface area (Å²) in [5.41, 5.74) is 6.79. The van der Waals surface area contributed by atoms with Crippen molar-refractivity contribution in [1.29, 1.82) is 0 Å². The van der Waals surface area contributed by atoms with Crippen molar-refractivity contribution in [1.82, 2.24) is 0 Å². The van der Waals surface area contributed by atoms with Crippen molar-refractivity contribution in [2.45, 2.75) is 11.8 Å². The standard InChI is InChI=1S/C10H11NS2/c1-6-5-7-9(12-2)4-3-8(11)10(7)13-6/h3-5H,11H2,1-2H3. The number of thioether (sulfide) groups is 1. The van der Waals surface area contributed by atoms with Crippen LogP contribution in [-0.2, 0) is 0 Å². The van der Waals surface area contributed by atoms with Gasteiger partial charge in [-0.3, -0.25) is 0 Å². The molecule has 68 valence electrons. The molecule has 0 aliphatic carbocycles. The minimum atomic E-state index is 0.894. The number of nitrogen functional groups attached to an aromatic ring is 1. The number of thiophene rings is 1. The van der Waals surface area contributed by atoms with E-state index < -0.39 is 0 Å². The second kappa shape index (κ2) is 3.24. The molecule has 0 spiro atoms. The maximum absolute atomic E-state index is 5.89. The summed E-state index contributed by atoms with van der Waals surface area (Å²) in [7, 11) is 0. The van der Waals surface area contributed by atoms with Crippen LogP contribution < -0.4 is 5.73 Å². The van der Waals surface area contributed by atoms with Gasteiger partial charge in [0.1, 0.15) is 0 Å². The first-order valence-electron chi connectivity index (χ1n) is 4.05. The zero-order valence-electron chi connectivity index (χ0n) is 7.63. The number of hydrogen-bond donors (Lipinski definition) is 1. The normalized spacial score (nSPS) is 10.9. The summed E-state index contributed by atoms with van der Waals surface area (Å²) in [6.45, 7) is 2.12. The molecule has 0 atom stereocenters. The van der Waals surface area contributed by atoms with Gasteiger partial charge in [-0.25, -0.2) is 0 Å². The lowest BCUT2D eigenvalue weighted by atomic mass is 10.2. The Bertz CT molecular complexity index is 445. The van der Waals surface area contributed by atoms with E-state index >= 15 is 0 Å². The van der Waals surface area contributed by atoms with Gasteiger partial charge in [-0.1, -0.05) is 0 Å². The molecule has 13 heavy (non-hydrogen) atoms. The molecule has 0 aliphatic rings. The third-order valence-electron chi connectivity index (χ3n) is 2.02. The van der Waals surface area contributed by atoms with E-state index in [1.165, 1.54) is 19.9 Å². The molecule has 0 aliphatic heterocycles. The Kier molecular flexibility index (Phi) is 2.22. The highest BCUT2D eigenvalue weighted by Crippen LogP contribution is 2.36. The number of anilines is 1. The van der Waals surface area contributed by atoms with Crippen LogP contribution in [0.15, 0.2) is 23.1 Å². The first kappa shape index (κ1) is 8.91. The van der Waals surface area contributed by atoms with E-state index in [-0.39, 0.29) is 0 Å². The smallest absolute Gasteiger partial charge is 0.0586 e. The van der Waals surface area contributed by atoms with Gasteiger partial charge in [-0.2, -0.15) is 0 Å².